The fraction of sp³-hybridized carbons (Fsp3) is 0.333. The molecule has 6 unspecified atom stereocenters. The van der Waals surface area contributed by atoms with Gasteiger partial charge in [0.15, 0.2) is 11.5 Å². The first-order chi connectivity index (χ1) is 15.2. The molecular formula is C21H23O11+. The van der Waals surface area contributed by atoms with E-state index in [2.05, 4.69) is 4.74 Å². The number of allylic oxidation sites excluding steroid dienone is 2. The number of phenols is 1. The largest absolute Gasteiger partial charge is 0.571 e. The molecule has 2 aliphatic heterocycles. The molecule has 11 heteroatoms. The molecule has 0 aromatic heterocycles. The van der Waals surface area contributed by atoms with Crippen molar-refractivity contribution in [3.05, 3.63) is 64.8 Å². The van der Waals surface area contributed by atoms with Crippen LogP contribution in [0, 0.1) is 0 Å². The van der Waals surface area contributed by atoms with E-state index in [1.54, 1.807) is 0 Å². The summed E-state index contributed by atoms with van der Waals surface area (Å²) in [6.07, 6.45) is -4.41. The summed E-state index contributed by atoms with van der Waals surface area (Å²) < 4.78 is 15.0. The van der Waals surface area contributed by atoms with E-state index in [1.165, 1.54) is 30.4 Å². The Hall–Kier alpha value is -3.22. The van der Waals surface area contributed by atoms with E-state index in [4.69, 9.17) is 9.47 Å². The van der Waals surface area contributed by atoms with Crippen LogP contribution >= 0.6 is 0 Å². The summed E-state index contributed by atoms with van der Waals surface area (Å²) in [5.74, 6) is -1.13. The molecule has 0 spiro atoms. The fourth-order valence-electron chi connectivity index (χ4n) is 3.64. The molecule has 0 radical (unpaired) electrons. The third-order valence-electron chi connectivity index (χ3n) is 5.35. The van der Waals surface area contributed by atoms with Gasteiger partial charge in [-0.1, -0.05) is 0 Å². The smallest absolute Gasteiger partial charge is 0.305 e. The number of fused-ring (bicyclic) bond motifs is 1. The average Bonchev–Trinajstić information content (AvgIpc) is 2.75. The lowest BCUT2D eigenvalue weighted by Gasteiger charge is -2.39. The van der Waals surface area contributed by atoms with Crippen molar-refractivity contribution in [2.45, 2.75) is 36.8 Å². The Morgan fingerprint density at radius 1 is 0.969 bits per heavy atom. The zero-order chi connectivity index (χ0) is 23.2. The first-order valence-corrected chi connectivity index (χ1v) is 9.67. The summed E-state index contributed by atoms with van der Waals surface area (Å²) in [6, 6.07) is 4.00. The third-order valence-corrected chi connectivity index (χ3v) is 5.35. The predicted octanol–water partition coefficient (Wildman–Crippen LogP) is -0.468. The van der Waals surface area contributed by atoms with Crippen molar-refractivity contribution >= 4 is 5.76 Å². The number of phenolic OH excluding ortho intramolecular Hbond substituents is 1. The molecule has 2 heterocycles. The molecule has 32 heavy (non-hydrogen) atoms. The van der Waals surface area contributed by atoms with E-state index in [9.17, 15) is 40.9 Å². The van der Waals surface area contributed by atoms with Crippen molar-refractivity contribution in [1.29, 1.82) is 0 Å². The second kappa shape index (κ2) is 8.37. The van der Waals surface area contributed by atoms with E-state index < -0.39 is 49.2 Å². The summed E-state index contributed by atoms with van der Waals surface area (Å²) in [7, 11) is 0. The van der Waals surface area contributed by atoms with Crippen molar-refractivity contribution in [1.82, 2.24) is 0 Å². The van der Waals surface area contributed by atoms with Crippen LogP contribution in [-0.4, -0.2) is 89.0 Å². The molecule has 11 nitrogen and oxygen atoms in total. The van der Waals surface area contributed by atoms with Crippen LogP contribution in [0.25, 0.3) is 5.76 Å². The second-order valence-electron chi connectivity index (χ2n) is 7.53. The number of rotatable bonds is 4. The molecule has 0 saturated carbocycles. The third kappa shape index (κ3) is 3.87. The molecule has 6 atom stereocenters. The number of ether oxygens (including phenoxy) is 3. The SMILES string of the molecule is OCC1OC(Oc2ccc(C3=C(O)C=C4C(O)=CC(O)=CC4[OH+]3)cc2O)C(O)C(O)C1O. The fourth-order valence-corrected chi connectivity index (χ4v) is 3.64. The van der Waals surface area contributed by atoms with Gasteiger partial charge in [0.1, 0.15) is 35.9 Å². The summed E-state index contributed by atoms with van der Waals surface area (Å²) >= 11 is 0. The van der Waals surface area contributed by atoms with Crippen LogP contribution in [0.3, 0.4) is 0 Å². The summed E-state index contributed by atoms with van der Waals surface area (Å²) in [5.41, 5.74) is 0.592. The number of aliphatic hydroxyl groups is 9. The molecule has 172 valence electrons. The average molecular weight is 451 g/mol. The molecule has 1 aromatic rings. The standard InChI is InChI=1S/C21H22O11/c22-7-16-17(27)18(28)19(29)21(32-16)31-14-2-1-8(3-12(14)25)20-13(26)6-10-11(24)4-9(23)5-15(10)30-20/h1-6,15-19,21-29H,7H2/p+1. The van der Waals surface area contributed by atoms with Gasteiger partial charge in [0.05, 0.1) is 23.8 Å². The summed E-state index contributed by atoms with van der Waals surface area (Å²) in [4.78, 5) is 0. The molecule has 9 N–H and O–H groups in total. The molecule has 1 saturated heterocycles. The highest BCUT2D eigenvalue weighted by atomic mass is 16.7. The normalized spacial score (nSPS) is 32.3. The Bertz CT molecular complexity index is 1020. The summed E-state index contributed by atoms with van der Waals surface area (Å²) in [5, 5.41) is 79.4. The van der Waals surface area contributed by atoms with Gasteiger partial charge in [0.2, 0.25) is 18.2 Å². The van der Waals surface area contributed by atoms with Crippen molar-refractivity contribution in [3.8, 4) is 11.5 Å². The number of benzene rings is 1. The minimum atomic E-state index is -1.65. The van der Waals surface area contributed by atoms with E-state index in [-0.39, 0.29) is 28.8 Å². The topological polar surface area (TPSA) is 193 Å². The Morgan fingerprint density at radius 2 is 1.72 bits per heavy atom. The van der Waals surface area contributed by atoms with Crippen molar-refractivity contribution < 1.29 is 55.1 Å². The first kappa shape index (κ1) is 22.0. The Kier molecular flexibility index (Phi) is 5.75. The van der Waals surface area contributed by atoms with E-state index in [1.807, 2.05) is 0 Å². The Balaban J connectivity index is 1.57. The predicted molar refractivity (Wildman–Crippen MR) is 108 cm³/mol. The quantitative estimate of drug-likeness (QED) is 0.277. The number of hydrogen-bond acceptors (Lipinski definition) is 10. The lowest BCUT2D eigenvalue weighted by Crippen LogP contribution is -2.60. The van der Waals surface area contributed by atoms with Gasteiger partial charge in [-0.3, -0.25) is 0 Å². The van der Waals surface area contributed by atoms with Crippen LogP contribution in [0.4, 0.5) is 0 Å². The Morgan fingerprint density at radius 3 is 2.41 bits per heavy atom. The van der Waals surface area contributed by atoms with E-state index >= 15 is 0 Å². The van der Waals surface area contributed by atoms with Crippen LogP contribution < -0.4 is 4.74 Å². The molecule has 1 aliphatic carbocycles. The molecule has 1 aromatic carbocycles. The molecule has 0 bridgehead atoms. The van der Waals surface area contributed by atoms with Crippen LogP contribution in [0.15, 0.2) is 59.3 Å². The minimum absolute atomic E-state index is 0.0900. The lowest BCUT2D eigenvalue weighted by molar-refractivity contribution is -0.277. The zero-order valence-electron chi connectivity index (χ0n) is 16.5. The second-order valence-corrected chi connectivity index (χ2v) is 7.53. The Labute approximate surface area is 181 Å². The highest BCUT2D eigenvalue weighted by Crippen LogP contribution is 2.37. The first-order valence-electron chi connectivity index (χ1n) is 9.67. The van der Waals surface area contributed by atoms with Crippen LogP contribution in [0.5, 0.6) is 11.5 Å². The monoisotopic (exact) mass is 451 g/mol. The molecule has 3 aliphatic rings. The molecule has 1 fully saturated rings. The van der Waals surface area contributed by atoms with Crippen LogP contribution in [0.2, 0.25) is 0 Å². The maximum Gasteiger partial charge on any atom is 0.305 e. The van der Waals surface area contributed by atoms with Gasteiger partial charge in [-0.2, -0.15) is 0 Å². The van der Waals surface area contributed by atoms with Crippen molar-refractivity contribution in [2.75, 3.05) is 6.61 Å². The van der Waals surface area contributed by atoms with E-state index in [0.717, 1.165) is 6.08 Å². The van der Waals surface area contributed by atoms with Crippen molar-refractivity contribution in [3.63, 3.8) is 0 Å². The van der Waals surface area contributed by atoms with Gasteiger partial charge in [0.25, 0.3) is 0 Å². The van der Waals surface area contributed by atoms with Gasteiger partial charge in [-0.15, -0.1) is 0 Å². The van der Waals surface area contributed by atoms with Gasteiger partial charge >= 0.3 is 5.76 Å². The maximum absolute atomic E-state index is 10.4. The number of aromatic hydroxyl groups is 1. The lowest BCUT2D eigenvalue weighted by atomic mass is 9.97. The highest BCUT2D eigenvalue weighted by Gasteiger charge is 2.45. The molecule has 0 amide bonds. The minimum Gasteiger partial charge on any atom is -0.571 e. The van der Waals surface area contributed by atoms with Crippen molar-refractivity contribution in [2.24, 2.45) is 0 Å². The van der Waals surface area contributed by atoms with Gasteiger partial charge in [0, 0.05) is 18.2 Å². The molecule has 4 rings (SSSR count). The van der Waals surface area contributed by atoms with Crippen LogP contribution in [-0.2, 0) is 4.74 Å². The zero-order valence-corrected chi connectivity index (χ0v) is 16.5. The number of hydrogen-bond donors (Lipinski definition) is 8. The summed E-state index contributed by atoms with van der Waals surface area (Å²) in [6.45, 7) is -0.629. The molecular weight excluding hydrogens is 428 g/mol. The van der Waals surface area contributed by atoms with Crippen LogP contribution in [0.1, 0.15) is 5.56 Å². The van der Waals surface area contributed by atoms with Gasteiger partial charge < -0.3 is 55.1 Å². The van der Waals surface area contributed by atoms with Gasteiger partial charge in [-0.05, 0) is 12.1 Å². The maximum atomic E-state index is 10.4. The number of aliphatic hydroxyl groups excluding tert-OH is 7. The highest BCUT2D eigenvalue weighted by molar-refractivity contribution is 5.69. The van der Waals surface area contributed by atoms with Gasteiger partial charge in [-0.25, -0.2) is 0 Å². The van der Waals surface area contributed by atoms with E-state index in [0.29, 0.717) is 11.1 Å².